The molecule has 3 fully saturated rings. The van der Waals surface area contributed by atoms with Gasteiger partial charge in [0.15, 0.2) is 11.6 Å². The van der Waals surface area contributed by atoms with Crippen molar-refractivity contribution in [2.75, 3.05) is 26.4 Å². The molecule has 1 aromatic rings. The van der Waals surface area contributed by atoms with Crippen LogP contribution in [0.3, 0.4) is 0 Å². The molecule has 3 aliphatic rings. The van der Waals surface area contributed by atoms with Crippen LogP contribution in [0.1, 0.15) is 98.5 Å². The zero-order valence-electron chi connectivity index (χ0n) is 27.2. The van der Waals surface area contributed by atoms with Crippen molar-refractivity contribution in [3.63, 3.8) is 0 Å². The molecule has 2 amide bonds. The van der Waals surface area contributed by atoms with Gasteiger partial charge in [-0.1, -0.05) is 12.1 Å². The van der Waals surface area contributed by atoms with E-state index in [1.54, 1.807) is 31.7 Å². The molecule has 4 rings (SSSR count). The van der Waals surface area contributed by atoms with Crippen molar-refractivity contribution in [1.82, 2.24) is 10.2 Å². The van der Waals surface area contributed by atoms with Crippen LogP contribution >= 0.6 is 0 Å². The Morgan fingerprint density at radius 3 is 2.39 bits per heavy atom. The first-order valence-electron chi connectivity index (χ1n) is 15.7. The molecule has 2 saturated heterocycles. The van der Waals surface area contributed by atoms with Gasteiger partial charge in [-0.15, -0.1) is 0 Å². The van der Waals surface area contributed by atoms with Crippen molar-refractivity contribution in [2.24, 2.45) is 0 Å². The fraction of sp³-hybridized carbons (Fsp3) is 0.727. The molecule has 0 bridgehead atoms. The van der Waals surface area contributed by atoms with Crippen LogP contribution in [-0.4, -0.2) is 84.2 Å². The Bertz CT molecular complexity index is 1190. The van der Waals surface area contributed by atoms with E-state index >= 15 is 0 Å². The standard InChI is InChI=1S/C33H49FN2O8/c1-21-17-33(20-40-19-27(37)35-33)26(36(21)30(39)44-32(5,6)7)18-42-23-13-11-22(12-14-23)24-9-8-10-25(34)29(24)41-16-15-28(38)43-31(2,3)4/h8-10,21-23,26H,11-20H2,1-7H3,(H,35,37)/t21-,22-,23+,26?,33?/m1/s1. The van der Waals surface area contributed by atoms with Gasteiger partial charge in [-0.05, 0) is 92.6 Å². The van der Waals surface area contributed by atoms with Crippen LogP contribution in [0.25, 0.3) is 0 Å². The quantitative estimate of drug-likeness (QED) is 0.392. The van der Waals surface area contributed by atoms with Gasteiger partial charge in [-0.25, -0.2) is 9.18 Å². The van der Waals surface area contributed by atoms with E-state index in [1.807, 2.05) is 33.8 Å². The van der Waals surface area contributed by atoms with E-state index < -0.39 is 40.7 Å². The lowest BCUT2D eigenvalue weighted by Crippen LogP contribution is -2.65. The Morgan fingerprint density at radius 2 is 1.75 bits per heavy atom. The number of para-hydroxylation sites is 1. The van der Waals surface area contributed by atoms with Gasteiger partial charge in [-0.2, -0.15) is 0 Å². The molecule has 1 aromatic carbocycles. The molecule has 1 spiro atoms. The molecule has 2 aliphatic heterocycles. The molecule has 3 atom stereocenters. The lowest BCUT2D eigenvalue weighted by Gasteiger charge is -2.41. The number of nitrogens with one attached hydrogen (secondary N) is 1. The summed E-state index contributed by atoms with van der Waals surface area (Å²) < 4.78 is 43.8. The number of likely N-dealkylation sites (tertiary alicyclic amines) is 1. The molecular weight excluding hydrogens is 571 g/mol. The largest absolute Gasteiger partial charge is 0.490 e. The minimum Gasteiger partial charge on any atom is -0.490 e. The molecule has 2 heterocycles. The first kappa shape index (κ1) is 34.0. The summed E-state index contributed by atoms with van der Waals surface area (Å²) in [6.07, 6.45) is 3.06. The number of carbonyl (C=O) groups is 3. The van der Waals surface area contributed by atoms with Gasteiger partial charge >= 0.3 is 12.1 Å². The van der Waals surface area contributed by atoms with E-state index in [9.17, 15) is 18.8 Å². The summed E-state index contributed by atoms with van der Waals surface area (Å²) in [5, 5.41) is 3.11. The molecule has 11 heteroatoms. The average molecular weight is 621 g/mol. The number of benzene rings is 1. The number of nitrogens with zero attached hydrogens (tertiary/aromatic N) is 1. The zero-order chi connectivity index (χ0) is 32.3. The zero-order valence-corrected chi connectivity index (χ0v) is 27.2. The SMILES string of the molecule is C[C@@H]1CC2(COCC(=O)N2)C(CO[C@H]2CC[C@@H](c3cccc(F)c3OCCC(=O)OC(C)(C)C)CC2)N1C(=O)OC(C)(C)C. The highest BCUT2D eigenvalue weighted by Crippen LogP contribution is 2.41. The fourth-order valence-corrected chi connectivity index (χ4v) is 6.56. The molecule has 2 unspecified atom stereocenters. The fourth-order valence-electron chi connectivity index (χ4n) is 6.56. The smallest absolute Gasteiger partial charge is 0.410 e. The lowest BCUT2D eigenvalue weighted by atomic mass is 9.82. The molecule has 246 valence electrons. The summed E-state index contributed by atoms with van der Waals surface area (Å²) in [7, 11) is 0. The molecule has 10 nitrogen and oxygen atoms in total. The summed E-state index contributed by atoms with van der Waals surface area (Å²) in [5.41, 5.74) is -1.23. The Kier molecular flexibility index (Phi) is 10.5. The van der Waals surface area contributed by atoms with Gasteiger partial charge in [0.05, 0.1) is 43.9 Å². The van der Waals surface area contributed by atoms with Crippen LogP contribution in [0.2, 0.25) is 0 Å². The van der Waals surface area contributed by atoms with Gasteiger partial charge in [0.25, 0.3) is 0 Å². The Morgan fingerprint density at radius 1 is 1.07 bits per heavy atom. The predicted molar refractivity (Wildman–Crippen MR) is 161 cm³/mol. The third-order valence-electron chi connectivity index (χ3n) is 8.27. The van der Waals surface area contributed by atoms with Crippen molar-refractivity contribution in [3.8, 4) is 5.75 Å². The summed E-state index contributed by atoms with van der Waals surface area (Å²) in [6.45, 7) is 13.4. The number of carbonyl (C=O) groups excluding carboxylic acids is 3. The van der Waals surface area contributed by atoms with Crippen molar-refractivity contribution < 1.29 is 42.5 Å². The van der Waals surface area contributed by atoms with E-state index in [0.29, 0.717) is 13.0 Å². The van der Waals surface area contributed by atoms with Gasteiger partial charge in [0.2, 0.25) is 5.91 Å². The number of morpholine rings is 1. The van der Waals surface area contributed by atoms with Crippen molar-refractivity contribution in [2.45, 2.75) is 128 Å². The van der Waals surface area contributed by atoms with Crippen LogP contribution in [0.15, 0.2) is 18.2 Å². The van der Waals surface area contributed by atoms with Gasteiger partial charge in [-0.3, -0.25) is 14.5 Å². The Hall–Kier alpha value is -2.92. The summed E-state index contributed by atoms with van der Waals surface area (Å²) in [6, 6.07) is 4.29. The number of amides is 2. The third kappa shape index (κ3) is 8.62. The highest BCUT2D eigenvalue weighted by molar-refractivity contribution is 5.79. The number of halogens is 1. The van der Waals surface area contributed by atoms with E-state index in [2.05, 4.69) is 5.32 Å². The minimum atomic E-state index is -0.754. The second-order valence-corrected chi connectivity index (χ2v) is 14.3. The minimum absolute atomic E-state index is 0.00700. The summed E-state index contributed by atoms with van der Waals surface area (Å²) >= 11 is 0. The van der Waals surface area contributed by atoms with E-state index in [0.717, 1.165) is 31.2 Å². The maximum absolute atomic E-state index is 14.9. The van der Waals surface area contributed by atoms with Gasteiger partial charge in [0.1, 0.15) is 17.8 Å². The van der Waals surface area contributed by atoms with E-state index in [4.69, 9.17) is 23.7 Å². The number of rotatable bonds is 8. The Balaban J connectivity index is 1.38. The average Bonchev–Trinajstić information content (AvgIpc) is 3.16. The highest BCUT2D eigenvalue weighted by Gasteiger charge is 2.56. The van der Waals surface area contributed by atoms with Gasteiger partial charge in [0, 0.05) is 11.6 Å². The first-order chi connectivity index (χ1) is 20.6. The Labute approximate surface area is 260 Å². The highest BCUT2D eigenvalue weighted by atomic mass is 19.1. The van der Waals surface area contributed by atoms with Crippen molar-refractivity contribution >= 4 is 18.0 Å². The number of ether oxygens (including phenoxy) is 5. The number of esters is 1. The molecular formula is C33H49FN2O8. The molecule has 0 aromatic heterocycles. The van der Waals surface area contributed by atoms with Crippen molar-refractivity contribution in [3.05, 3.63) is 29.6 Å². The second-order valence-electron chi connectivity index (χ2n) is 14.3. The normalized spacial score (nSPS) is 27.6. The molecule has 44 heavy (non-hydrogen) atoms. The predicted octanol–water partition coefficient (Wildman–Crippen LogP) is 5.26. The number of hydrogen-bond acceptors (Lipinski definition) is 8. The summed E-state index contributed by atoms with van der Waals surface area (Å²) in [4.78, 5) is 39.5. The van der Waals surface area contributed by atoms with Crippen LogP contribution in [0.5, 0.6) is 5.75 Å². The van der Waals surface area contributed by atoms with Crippen molar-refractivity contribution in [1.29, 1.82) is 0 Å². The van der Waals surface area contributed by atoms with E-state index in [-0.39, 0.29) is 56.0 Å². The van der Waals surface area contributed by atoms with Crippen LogP contribution < -0.4 is 10.1 Å². The second kappa shape index (κ2) is 13.6. The first-order valence-corrected chi connectivity index (χ1v) is 15.7. The van der Waals surface area contributed by atoms with Crippen LogP contribution in [0, 0.1) is 5.82 Å². The summed E-state index contributed by atoms with van der Waals surface area (Å²) in [5.74, 6) is -0.799. The molecule has 0 radical (unpaired) electrons. The third-order valence-corrected chi connectivity index (χ3v) is 8.27. The number of hydrogen-bond donors (Lipinski definition) is 1. The van der Waals surface area contributed by atoms with Gasteiger partial charge < -0.3 is 29.0 Å². The maximum atomic E-state index is 14.9. The molecule has 1 aliphatic carbocycles. The monoisotopic (exact) mass is 620 g/mol. The van der Waals surface area contributed by atoms with Crippen LogP contribution in [-0.2, 0) is 28.5 Å². The van der Waals surface area contributed by atoms with Crippen LogP contribution in [0.4, 0.5) is 9.18 Å². The van der Waals surface area contributed by atoms with E-state index in [1.165, 1.54) is 6.07 Å². The molecule has 1 N–H and O–H groups in total. The maximum Gasteiger partial charge on any atom is 0.410 e. The topological polar surface area (TPSA) is 113 Å². The molecule has 1 saturated carbocycles. The lowest BCUT2D eigenvalue weighted by molar-refractivity contribution is -0.155.